The van der Waals surface area contributed by atoms with Crippen molar-refractivity contribution in [1.82, 2.24) is 0 Å². The summed E-state index contributed by atoms with van der Waals surface area (Å²) >= 11 is 0. The number of aliphatic hydroxyl groups is 2. The van der Waals surface area contributed by atoms with Crippen molar-refractivity contribution in [3.8, 4) is 0 Å². The largest absolute Gasteiger partial charge is 0.458 e. The van der Waals surface area contributed by atoms with Crippen LogP contribution in [-0.4, -0.2) is 47.8 Å². The van der Waals surface area contributed by atoms with Crippen LogP contribution in [0.5, 0.6) is 0 Å². The molecule has 0 heterocycles. The summed E-state index contributed by atoms with van der Waals surface area (Å²) in [5.74, 6) is -2.76. The fraction of sp³-hybridized carbons (Fsp3) is 0.667. The highest BCUT2D eigenvalue weighted by Crippen LogP contribution is 2.00. The van der Waals surface area contributed by atoms with Crippen molar-refractivity contribution in [3.05, 3.63) is 20.9 Å². The highest BCUT2D eigenvalue weighted by molar-refractivity contribution is 5.85. The summed E-state index contributed by atoms with van der Waals surface area (Å²) in [6.45, 7) is -1.40. The topological polar surface area (TPSA) is 191 Å². The SMILES string of the molecule is [N-]=[N+]=NCOC(=O)C(O)C(O)C(=O)OCN=[N+]=[N-]. The van der Waals surface area contributed by atoms with E-state index in [0.29, 0.717) is 0 Å². The number of carbonyl (C=O) groups excluding carboxylic acids is 2. The lowest BCUT2D eigenvalue weighted by atomic mass is 10.2. The van der Waals surface area contributed by atoms with Crippen LogP contribution < -0.4 is 0 Å². The van der Waals surface area contributed by atoms with Gasteiger partial charge in [0.2, 0.25) is 0 Å². The van der Waals surface area contributed by atoms with Gasteiger partial charge in [0.05, 0.1) is 0 Å². The second-order valence-electron chi connectivity index (χ2n) is 2.54. The first kappa shape index (κ1) is 15.5. The van der Waals surface area contributed by atoms with Gasteiger partial charge in [-0.15, -0.1) is 0 Å². The second kappa shape index (κ2) is 8.61. The van der Waals surface area contributed by atoms with Crippen molar-refractivity contribution in [2.75, 3.05) is 13.5 Å². The highest BCUT2D eigenvalue weighted by Gasteiger charge is 2.32. The van der Waals surface area contributed by atoms with Crippen molar-refractivity contribution >= 4 is 11.9 Å². The molecule has 18 heavy (non-hydrogen) atoms. The number of azide groups is 2. The lowest BCUT2D eigenvalue weighted by molar-refractivity contribution is -0.172. The van der Waals surface area contributed by atoms with Crippen LogP contribution in [0.15, 0.2) is 10.2 Å². The van der Waals surface area contributed by atoms with Crippen LogP contribution in [0.1, 0.15) is 0 Å². The van der Waals surface area contributed by atoms with Crippen molar-refractivity contribution in [1.29, 1.82) is 0 Å². The van der Waals surface area contributed by atoms with Gasteiger partial charge in [0, 0.05) is 9.82 Å². The number of hydrogen-bond acceptors (Lipinski definition) is 8. The van der Waals surface area contributed by atoms with Gasteiger partial charge in [0.15, 0.2) is 25.7 Å². The zero-order valence-corrected chi connectivity index (χ0v) is 8.78. The number of rotatable bonds is 7. The Bertz CT molecular complexity index is 361. The molecule has 0 saturated carbocycles. The third kappa shape index (κ3) is 5.53. The van der Waals surface area contributed by atoms with E-state index in [4.69, 9.17) is 21.3 Å². The Hall–Kier alpha value is -2.52. The van der Waals surface area contributed by atoms with E-state index in [0.717, 1.165) is 0 Å². The molecule has 0 aromatic rings. The van der Waals surface area contributed by atoms with E-state index in [9.17, 15) is 9.59 Å². The van der Waals surface area contributed by atoms with E-state index in [-0.39, 0.29) is 0 Å². The molecule has 0 aliphatic carbocycles. The average Bonchev–Trinajstić information content (AvgIpc) is 2.37. The first-order valence-electron chi connectivity index (χ1n) is 4.25. The fourth-order valence-corrected chi connectivity index (χ4v) is 0.665. The predicted molar refractivity (Wildman–Crippen MR) is 52.2 cm³/mol. The van der Waals surface area contributed by atoms with Gasteiger partial charge in [0.1, 0.15) is 0 Å². The van der Waals surface area contributed by atoms with Gasteiger partial charge in [0.25, 0.3) is 0 Å². The molecule has 12 nitrogen and oxygen atoms in total. The average molecular weight is 260 g/mol. The molecule has 0 bridgehead atoms. The number of carbonyl (C=O) groups is 2. The molecule has 0 aromatic heterocycles. The van der Waals surface area contributed by atoms with Gasteiger partial charge in [-0.05, 0) is 11.1 Å². The minimum absolute atomic E-state index is 0.702. The summed E-state index contributed by atoms with van der Waals surface area (Å²) in [7, 11) is 0. The van der Waals surface area contributed by atoms with E-state index < -0.39 is 37.6 Å². The van der Waals surface area contributed by atoms with Crippen LogP contribution in [0, 0.1) is 0 Å². The lowest BCUT2D eigenvalue weighted by Crippen LogP contribution is -2.41. The third-order valence-corrected chi connectivity index (χ3v) is 1.44. The molecule has 12 heteroatoms. The first-order chi connectivity index (χ1) is 8.54. The van der Waals surface area contributed by atoms with E-state index >= 15 is 0 Å². The molecule has 0 aliphatic rings. The Morgan fingerprint density at radius 3 is 1.61 bits per heavy atom. The maximum atomic E-state index is 11.0. The van der Waals surface area contributed by atoms with Crippen LogP contribution in [0.3, 0.4) is 0 Å². The summed E-state index contributed by atoms with van der Waals surface area (Å²) in [5, 5.41) is 24.0. The maximum Gasteiger partial charge on any atom is 0.338 e. The molecule has 0 fully saturated rings. The second-order valence-corrected chi connectivity index (χ2v) is 2.54. The monoisotopic (exact) mass is 260 g/mol. The van der Waals surface area contributed by atoms with Gasteiger partial charge in [-0.1, -0.05) is 10.2 Å². The Morgan fingerprint density at radius 1 is 1.00 bits per heavy atom. The molecule has 0 radical (unpaired) electrons. The number of aliphatic hydroxyl groups excluding tert-OH is 2. The molecule has 0 saturated heterocycles. The van der Waals surface area contributed by atoms with E-state index in [1.165, 1.54) is 0 Å². The Kier molecular flexibility index (Phi) is 7.41. The maximum absolute atomic E-state index is 11.0. The number of esters is 2. The molecule has 0 rings (SSSR count). The summed E-state index contributed by atoms with van der Waals surface area (Å²) in [5.41, 5.74) is 15.8. The van der Waals surface area contributed by atoms with Crippen molar-refractivity contribution < 1.29 is 29.3 Å². The minimum Gasteiger partial charge on any atom is -0.458 e. The molecule has 0 aliphatic heterocycles. The lowest BCUT2D eigenvalue weighted by Gasteiger charge is -2.14. The predicted octanol–water partition coefficient (Wildman–Crippen LogP) is -0.670. The van der Waals surface area contributed by atoms with E-state index in [1.807, 2.05) is 0 Å². The van der Waals surface area contributed by atoms with Crippen LogP contribution in [0.4, 0.5) is 0 Å². The van der Waals surface area contributed by atoms with Gasteiger partial charge in [-0.25, -0.2) is 9.59 Å². The summed E-state index contributed by atoms with van der Waals surface area (Å²) in [4.78, 5) is 26.5. The van der Waals surface area contributed by atoms with Gasteiger partial charge in [-0.3, -0.25) is 0 Å². The minimum atomic E-state index is -2.21. The summed E-state index contributed by atoms with van der Waals surface area (Å²) < 4.78 is 8.36. The van der Waals surface area contributed by atoms with Gasteiger partial charge >= 0.3 is 11.9 Å². The Labute approximate surface area is 99.0 Å². The third-order valence-electron chi connectivity index (χ3n) is 1.44. The number of ether oxygens (including phenoxy) is 2. The highest BCUT2D eigenvalue weighted by atomic mass is 16.6. The summed E-state index contributed by atoms with van der Waals surface area (Å²) in [6, 6.07) is 0. The van der Waals surface area contributed by atoms with Gasteiger partial charge in [-0.2, -0.15) is 0 Å². The smallest absolute Gasteiger partial charge is 0.338 e. The molecule has 2 atom stereocenters. The van der Waals surface area contributed by atoms with Crippen LogP contribution in [0.25, 0.3) is 20.9 Å². The van der Waals surface area contributed by atoms with Crippen molar-refractivity contribution in [3.63, 3.8) is 0 Å². The standard InChI is InChI=1S/C6H8N6O6/c7-11-9-1-17-5(15)3(13)4(14)6(16)18-2-10-12-8/h3-4,13-14H,1-2H2. The van der Waals surface area contributed by atoms with Crippen LogP contribution in [-0.2, 0) is 19.1 Å². The van der Waals surface area contributed by atoms with Crippen LogP contribution in [0.2, 0.25) is 0 Å². The molecule has 0 amide bonds. The van der Waals surface area contributed by atoms with Crippen LogP contribution >= 0.6 is 0 Å². The Morgan fingerprint density at radius 2 is 1.33 bits per heavy atom. The molecular weight excluding hydrogens is 252 g/mol. The van der Waals surface area contributed by atoms with E-state index in [2.05, 4.69) is 29.5 Å². The van der Waals surface area contributed by atoms with Gasteiger partial charge < -0.3 is 19.7 Å². The zero-order valence-electron chi connectivity index (χ0n) is 8.78. The molecule has 98 valence electrons. The summed E-state index contributed by atoms with van der Waals surface area (Å²) in [6.07, 6.45) is -4.42. The zero-order chi connectivity index (χ0) is 14.0. The Balaban J connectivity index is 4.25. The molecular formula is C6H8N6O6. The number of hydrogen-bond donors (Lipinski definition) is 2. The molecule has 2 N–H and O–H groups in total. The quantitative estimate of drug-likeness (QED) is 0.263. The van der Waals surface area contributed by atoms with E-state index in [1.54, 1.807) is 0 Å². The van der Waals surface area contributed by atoms with Crippen molar-refractivity contribution in [2.24, 2.45) is 10.2 Å². The molecule has 0 aromatic carbocycles. The first-order valence-corrected chi connectivity index (χ1v) is 4.25. The van der Waals surface area contributed by atoms with Crippen molar-refractivity contribution in [2.45, 2.75) is 12.2 Å². The number of nitrogens with zero attached hydrogens (tertiary/aromatic N) is 6. The normalized spacial score (nSPS) is 12.3. The molecule has 2 unspecified atom stereocenters. The molecule has 0 spiro atoms. The fourth-order valence-electron chi connectivity index (χ4n) is 0.665.